The Labute approximate surface area is 190 Å². The molecular formula is C23H14Cl2F3NO3. The number of alkyl halides is 3. The minimum Gasteiger partial charge on any atom is -0.478 e. The first-order chi connectivity index (χ1) is 15.1. The number of nitrogens with one attached hydrogen (secondary N) is 1. The second kappa shape index (κ2) is 8.16. The summed E-state index contributed by atoms with van der Waals surface area (Å²) in [7, 11) is 0. The molecule has 0 radical (unpaired) electrons. The van der Waals surface area contributed by atoms with Gasteiger partial charge in [0.15, 0.2) is 0 Å². The summed E-state index contributed by atoms with van der Waals surface area (Å²) in [5.41, 5.74) is 0.521. The van der Waals surface area contributed by atoms with Gasteiger partial charge in [-0.15, -0.1) is 0 Å². The van der Waals surface area contributed by atoms with Crippen LogP contribution in [0.3, 0.4) is 0 Å². The molecule has 0 fully saturated rings. The molecule has 0 saturated carbocycles. The van der Waals surface area contributed by atoms with Crippen LogP contribution in [-0.2, 0) is 10.4 Å². The normalized spacial score (nSPS) is 18.2. The molecule has 1 unspecified atom stereocenters. The maximum Gasteiger partial charge on any atom is 0.428 e. The Balaban J connectivity index is 1.86. The molecular weight excluding hydrogens is 466 g/mol. The fourth-order valence-corrected chi connectivity index (χ4v) is 4.03. The Bertz CT molecular complexity index is 1210. The van der Waals surface area contributed by atoms with Crippen LogP contribution in [0.4, 0.5) is 13.2 Å². The molecule has 1 heterocycles. The van der Waals surface area contributed by atoms with E-state index in [9.17, 15) is 23.1 Å². The molecule has 0 spiro atoms. The SMILES string of the molecule is O=C(O)c1ccc(C2=CC(c3cc(Cl)cc(Cl)c3)(C(F)(F)F)ON2)cc1-c1ccccc1. The van der Waals surface area contributed by atoms with Crippen molar-refractivity contribution in [3.8, 4) is 11.1 Å². The summed E-state index contributed by atoms with van der Waals surface area (Å²) in [6, 6.07) is 16.5. The minimum atomic E-state index is -4.85. The fraction of sp³-hybridized carbons (Fsp3) is 0.0870. The summed E-state index contributed by atoms with van der Waals surface area (Å²) in [4.78, 5) is 16.8. The molecule has 0 bridgehead atoms. The standard InChI is InChI=1S/C23H14Cl2F3NO3/c24-16-9-15(10-17(25)11-16)22(23(26,27)28)12-20(29-32-22)14-6-7-18(21(30)31)19(8-14)13-4-2-1-3-5-13/h1-12,29H,(H,30,31). The molecule has 164 valence electrons. The van der Waals surface area contributed by atoms with E-state index in [-0.39, 0.29) is 26.9 Å². The van der Waals surface area contributed by atoms with Crippen molar-refractivity contribution in [3.63, 3.8) is 0 Å². The van der Waals surface area contributed by atoms with Crippen molar-refractivity contribution in [1.82, 2.24) is 5.48 Å². The van der Waals surface area contributed by atoms with E-state index < -0.39 is 17.7 Å². The average Bonchev–Trinajstić information content (AvgIpc) is 3.20. The molecule has 1 atom stereocenters. The van der Waals surface area contributed by atoms with Gasteiger partial charge in [0, 0.05) is 21.2 Å². The van der Waals surface area contributed by atoms with Crippen LogP contribution in [0.15, 0.2) is 72.8 Å². The fourth-order valence-electron chi connectivity index (χ4n) is 3.51. The minimum absolute atomic E-state index is 0.0168. The van der Waals surface area contributed by atoms with Gasteiger partial charge in [-0.05, 0) is 47.5 Å². The third-order valence-electron chi connectivity index (χ3n) is 5.03. The van der Waals surface area contributed by atoms with E-state index in [4.69, 9.17) is 28.0 Å². The van der Waals surface area contributed by atoms with Crippen LogP contribution in [-0.4, -0.2) is 17.3 Å². The summed E-state index contributed by atoms with van der Waals surface area (Å²) in [5.74, 6) is -1.15. The van der Waals surface area contributed by atoms with Gasteiger partial charge in [0.05, 0.1) is 11.3 Å². The zero-order valence-corrected chi connectivity index (χ0v) is 17.6. The van der Waals surface area contributed by atoms with Crippen LogP contribution in [0.1, 0.15) is 21.5 Å². The second-order valence-corrected chi connectivity index (χ2v) is 7.96. The number of carboxylic acids is 1. The number of hydroxylamine groups is 1. The lowest BCUT2D eigenvalue weighted by molar-refractivity contribution is -0.269. The third kappa shape index (κ3) is 3.95. The van der Waals surface area contributed by atoms with Gasteiger partial charge in [0.2, 0.25) is 5.60 Å². The number of carbonyl (C=O) groups is 1. The van der Waals surface area contributed by atoms with Gasteiger partial charge < -0.3 is 5.11 Å². The molecule has 3 aromatic carbocycles. The number of benzene rings is 3. The number of aromatic carboxylic acids is 1. The molecule has 1 aliphatic rings. The van der Waals surface area contributed by atoms with E-state index >= 15 is 0 Å². The van der Waals surface area contributed by atoms with Crippen molar-refractivity contribution in [2.45, 2.75) is 11.8 Å². The van der Waals surface area contributed by atoms with E-state index in [1.807, 2.05) is 0 Å². The quantitative estimate of drug-likeness (QED) is 0.437. The lowest BCUT2D eigenvalue weighted by Crippen LogP contribution is -2.42. The van der Waals surface area contributed by atoms with Crippen molar-refractivity contribution < 1.29 is 27.9 Å². The zero-order chi connectivity index (χ0) is 23.1. The lowest BCUT2D eigenvalue weighted by Gasteiger charge is -2.28. The molecule has 0 saturated heterocycles. The highest BCUT2D eigenvalue weighted by atomic mass is 35.5. The zero-order valence-electron chi connectivity index (χ0n) is 16.1. The van der Waals surface area contributed by atoms with Crippen LogP contribution >= 0.6 is 23.2 Å². The van der Waals surface area contributed by atoms with Crippen molar-refractivity contribution >= 4 is 34.9 Å². The number of rotatable bonds is 4. The van der Waals surface area contributed by atoms with E-state index in [1.54, 1.807) is 30.3 Å². The van der Waals surface area contributed by atoms with Crippen LogP contribution < -0.4 is 5.48 Å². The van der Waals surface area contributed by atoms with Gasteiger partial charge in [-0.3, -0.25) is 10.3 Å². The molecule has 0 amide bonds. The Morgan fingerprint density at radius 1 is 0.938 bits per heavy atom. The lowest BCUT2D eigenvalue weighted by atomic mass is 9.90. The topological polar surface area (TPSA) is 58.6 Å². The first kappa shape index (κ1) is 22.2. The highest BCUT2D eigenvalue weighted by molar-refractivity contribution is 6.34. The monoisotopic (exact) mass is 479 g/mol. The van der Waals surface area contributed by atoms with E-state index in [0.717, 1.165) is 18.2 Å². The second-order valence-electron chi connectivity index (χ2n) is 7.09. The molecule has 9 heteroatoms. The molecule has 3 aromatic rings. The largest absolute Gasteiger partial charge is 0.478 e. The number of hydrogen-bond donors (Lipinski definition) is 2. The van der Waals surface area contributed by atoms with Crippen molar-refractivity contribution in [1.29, 1.82) is 0 Å². The van der Waals surface area contributed by atoms with Crippen LogP contribution in [0.2, 0.25) is 10.0 Å². The van der Waals surface area contributed by atoms with E-state index in [2.05, 4.69) is 5.48 Å². The molecule has 32 heavy (non-hydrogen) atoms. The first-order valence-electron chi connectivity index (χ1n) is 9.24. The Morgan fingerprint density at radius 2 is 1.59 bits per heavy atom. The number of hydrogen-bond acceptors (Lipinski definition) is 3. The Hall–Kier alpha value is -3.00. The first-order valence-corrected chi connectivity index (χ1v) is 9.99. The maximum absolute atomic E-state index is 14.2. The van der Waals surface area contributed by atoms with Gasteiger partial charge in [-0.2, -0.15) is 13.2 Å². The van der Waals surface area contributed by atoms with Crippen LogP contribution in [0.25, 0.3) is 16.8 Å². The summed E-state index contributed by atoms with van der Waals surface area (Å²) >= 11 is 11.9. The summed E-state index contributed by atoms with van der Waals surface area (Å²) < 4.78 is 42.6. The molecule has 1 aliphatic heterocycles. The predicted molar refractivity (Wildman–Crippen MR) is 115 cm³/mol. The van der Waals surface area contributed by atoms with Crippen molar-refractivity contribution in [2.24, 2.45) is 0 Å². The molecule has 0 aliphatic carbocycles. The van der Waals surface area contributed by atoms with Gasteiger partial charge in [0.1, 0.15) is 0 Å². The third-order valence-corrected chi connectivity index (χ3v) is 5.46. The summed E-state index contributed by atoms with van der Waals surface area (Å²) in [6.45, 7) is 0. The highest BCUT2D eigenvalue weighted by Gasteiger charge is 2.59. The average molecular weight is 480 g/mol. The Morgan fingerprint density at radius 3 is 2.19 bits per heavy atom. The van der Waals surface area contributed by atoms with Gasteiger partial charge in [-0.25, -0.2) is 4.79 Å². The summed E-state index contributed by atoms with van der Waals surface area (Å²) in [6.07, 6.45) is -3.96. The highest BCUT2D eigenvalue weighted by Crippen LogP contribution is 2.48. The Kier molecular flexibility index (Phi) is 5.67. The van der Waals surface area contributed by atoms with Crippen LogP contribution in [0.5, 0.6) is 0 Å². The van der Waals surface area contributed by atoms with Gasteiger partial charge in [0.25, 0.3) is 0 Å². The smallest absolute Gasteiger partial charge is 0.428 e. The molecule has 4 rings (SSSR count). The van der Waals surface area contributed by atoms with Crippen molar-refractivity contribution in [3.05, 3.63) is 99.5 Å². The molecule has 0 aromatic heterocycles. The summed E-state index contributed by atoms with van der Waals surface area (Å²) in [5, 5.41) is 9.60. The van der Waals surface area contributed by atoms with E-state index in [0.29, 0.717) is 16.7 Å². The van der Waals surface area contributed by atoms with Crippen LogP contribution in [0, 0.1) is 0 Å². The predicted octanol–water partition coefficient (Wildman–Crippen LogP) is 6.69. The maximum atomic E-state index is 14.2. The van der Waals surface area contributed by atoms with Crippen molar-refractivity contribution in [2.75, 3.05) is 0 Å². The molecule has 4 nitrogen and oxygen atoms in total. The molecule has 2 N–H and O–H groups in total. The van der Waals surface area contributed by atoms with Gasteiger partial charge >= 0.3 is 12.1 Å². The van der Waals surface area contributed by atoms with E-state index in [1.165, 1.54) is 24.3 Å². The van der Waals surface area contributed by atoms with Gasteiger partial charge in [-0.1, -0.05) is 59.6 Å². The number of carboxylic acid groups (broad SMARTS) is 1. The number of halogens is 5.